The first-order valence-corrected chi connectivity index (χ1v) is 12.8. The Morgan fingerprint density at radius 1 is 1.21 bits per heavy atom. The van der Waals surface area contributed by atoms with Gasteiger partial charge >= 0.3 is 5.63 Å². The van der Waals surface area contributed by atoms with E-state index in [1.807, 2.05) is 40.9 Å². The van der Waals surface area contributed by atoms with Crippen LogP contribution < -0.4 is 25.7 Å². The van der Waals surface area contributed by atoms with E-state index in [1.165, 1.54) is 11.8 Å². The van der Waals surface area contributed by atoms with Crippen molar-refractivity contribution < 1.29 is 23.5 Å². The van der Waals surface area contributed by atoms with Crippen molar-refractivity contribution in [2.24, 2.45) is 0 Å². The minimum Gasteiger partial charge on any atom is -0.487 e. The van der Waals surface area contributed by atoms with Gasteiger partial charge in [0.2, 0.25) is 5.91 Å². The standard InChI is InChI=1S/C25H34N2O6S/c1-13(2)26-23(29)17(12-34-7)27-20(28)11-31-19-10-18-16(8-9-25(5,6)33-18)22-21(19)14(3)15(4)24(30)32-22/h10,13,17H,8-9,11-12H2,1-7H3,(H,26,29)(H,27,28)/t17-/m1/s1. The summed E-state index contributed by atoms with van der Waals surface area (Å²) in [6, 6.07) is 1.07. The molecule has 2 heterocycles. The molecule has 0 radical (unpaired) electrons. The Balaban J connectivity index is 1.90. The van der Waals surface area contributed by atoms with Gasteiger partial charge in [-0.3, -0.25) is 9.59 Å². The number of thioether (sulfide) groups is 1. The topological polar surface area (TPSA) is 107 Å². The summed E-state index contributed by atoms with van der Waals surface area (Å²) in [6.45, 7) is 11.0. The highest BCUT2D eigenvalue weighted by Crippen LogP contribution is 2.43. The SMILES string of the molecule is CSC[C@@H](NC(=O)COc1cc2c(c3oc(=O)c(C)c(C)c13)CCC(C)(C)O2)C(=O)NC(C)C. The molecule has 1 aliphatic rings. The van der Waals surface area contributed by atoms with Crippen molar-refractivity contribution in [1.29, 1.82) is 0 Å². The van der Waals surface area contributed by atoms with Crippen molar-refractivity contribution in [2.75, 3.05) is 18.6 Å². The molecule has 1 atom stereocenters. The normalized spacial score (nSPS) is 15.4. The average Bonchev–Trinajstić information content (AvgIpc) is 2.74. The predicted molar refractivity (Wildman–Crippen MR) is 134 cm³/mol. The zero-order valence-corrected chi connectivity index (χ0v) is 21.7. The van der Waals surface area contributed by atoms with Crippen LogP contribution in [0.4, 0.5) is 0 Å². The predicted octanol–water partition coefficient (Wildman–Crippen LogP) is 3.26. The molecule has 0 saturated heterocycles. The summed E-state index contributed by atoms with van der Waals surface area (Å²) < 4.78 is 17.8. The van der Waals surface area contributed by atoms with Gasteiger partial charge in [-0.1, -0.05) is 0 Å². The van der Waals surface area contributed by atoms with Gasteiger partial charge in [-0.2, -0.15) is 11.8 Å². The molecule has 3 rings (SSSR count). The van der Waals surface area contributed by atoms with Crippen molar-refractivity contribution >= 4 is 34.5 Å². The molecule has 0 bridgehead atoms. The van der Waals surface area contributed by atoms with Gasteiger partial charge in [0.05, 0.1) is 5.39 Å². The van der Waals surface area contributed by atoms with E-state index in [0.29, 0.717) is 40.2 Å². The third kappa shape index (κ3) is 5.68. The maximum Gasteiger partial charge on any atom is 0.339 e. The molecule has 0 saturated carbocycles. The lowest BCUT2D eigenvalue weighted by Gasteiger charge is -2.33. The zero-order chi connectivity index (χ0) is 25.2. The minimum absolute atomic E-state index is 0.0306. The molecular formula is C25H34N2O6S. The summed E-state index contributed by atoms with van der Waals surface area (Å²) in [6.07, 6.45) is 3.36. The molecule has 2 amide bonds. The Bertz CT molecular complexity index is 1150. The van der Waals surface area contributed by atoms with E-state index < -0.39 is 17.6 Å². The lowest BCUT2D eigenvalue weighted by molar-refractivity contribution is -0.129. The second-order valence-corrected chi connectivity index (χ2v) is 10.5. The van der Waals surface area contributed by atoms with E-state index in [4.69, 9.17) is 13.9 Å². The number of aryl methyl sites for hydroxylation is 2. The second kappa shape index (κ2) is 10.3. The van der Waals surface area contributed by atoms with Gasteiger partial charge in [-0.15, -0.1) is 0 Å². The van der Waals surface area contributed by atoms with Crippen LogP contribution in [0.2, 0.25) is 0 Å². The fourth-order valence-electron chi connectivity index (χ4n) is 3.96. The number of hydrogen-bond donors (Lipinski definition) is 2. The van der Waals surface area contributed by atoms with Crippen LogP contribution in [-0.2, 0) is 16.0 Å². The Morgan fingerprint density at radius 2 is 1.91 bits per heavy atom. The van der Waals surface area contributed by atoms with Gasteiger partial charge in [0, 0.05) is 29.0 Å². The Morgan fingerprint density at radius 3 is 2.56 bits per heavy atom. The molecule has 0 unspecified atom stereocenters. The number of rotatable bonds is 8. The molecule has 0 fully saturated rings. The van der Waals surface area contributed by atoms with E-state index in [9.17, 15) is 14.4 Å². The number of amides is 2. The fourth-order valence-corrected chi connectivity index (χ4v) is 4.53. The van der Waals surface area contributed by atoms with Crippen LogP contribution in [0.1, 0.15) is 50.8 Å². The number of hydrogen-bond acceptors (Lipinski definition) is 7. The van der Waals surface area contributed by atoms with Crippen LogP contribution >= 0.6 is 11.8 Å². The summed E-state index contributed by atoms with van der Waals surface area (Å²) in [5, 5.41) is 6.23. The number of carbonyl (C=O) groups is 2. The molecular weight excluding hydrogens is 456 g/mol. The fraction of sp³-hybridized carbons (Fsp3) is 0.560. The third-order valence-corrected chi connectivity index (χ3v) is 6.55. The van der Waals surface area contributed by atoms with Crippen LogP contribution in [0.15, 0.2) is 15.3 Å². The van der Waals surface area contributed by atoms with Crippen LogP contribution in [-0.4, -0.2) is 48.1 Å². The number of carbonyl (C=O) groups excluding carboxylic acids is 2. The zero-order valence-electron chi connectivity index (χ0n) is 20.9. The summed E-state index contributed by atoms with van der Waals surface area (Å²) in [5.41, 5.74) is 1.73. The van der Waals surface area contributed by atoms with E-state index in [0.717, 1.165) is 17.5 Å². The Hall–Kier alpha value is -2.68. The lowest BCUT2D eigenvalue weighted by Crippen LogP contribution is -2.51. The van der Waals surface area contributed by atoms with E-state index in [1.54, 1.807) is 13.0 Å². The molecule has 1 aliphatic heterocycles. The van der Waals surface area contributed by atoms with Crippen LogP contribution in [0.5, 0.6) is 11.5 Å². The van der Waals surface area contributed by atoms with Crippen molar-refractivity contribution in [3.8, 4) is 11.5 Å². The molecule has 2 aromatic rings. The minimum atomic E-state index is -0.667. The van der Waals surface area contributed by atoms with Crippen molar-refractivity contribution in [3.05, 3.63) is 33.2 Å². The van der Waals surface area contributed by atoms with Gasteiger partial charge < -0.3 is 24.5 Å². The second-order valence-electron chi connectivity index (χ2n) is 9.58. The quantitative estimate of drug-likeness (QED) is 0.547. The van der Waals surface area contributed by atoms with Crippen LogP contribution in [0.3, 0.4) is 0 Å². The number of nitrogens with one attached hydrogen (secondary N) is 2. The molecule has 34 heavy (non-hydrogen) atoms. The van der Waals surface area contributed by atoms with Gasteiger partial charge in [0.15, 0.2) is 6.61 Å². The lowest BCUT2D eigenvalue weighted by atomic mass is 9.92. The maximum absolute atomic E-state index is 12.7. The first-order valence-electron chi connectivity index (χ1n) is 11.4. The maximum atomic E-state index is 12.7. The first-order chi connectivity index (χ1) is 15.9. The van der Waals surface area contributed by atoms with Crippen LogP contribution in [0, 0.1) is 13.8 Å². The summed E-state index contributed by atoms with van der Waals surface area (Å²) in [7, 11) is 0. The van der Waals surface area contributed by atoms with Crippen LogP contribution in [0.25, 0.3) is 11.0 Å². The molecule has 0 aliphatic carbocycles. The summed E-state index contributed by atoms with van der Waals surface area (Å²) in [5.74, 6) is 0.775. The molecule has 0 spiro atoms. The summed E-state index contributed by atoms with van der Waals surface area (Å²) >= 11 is 1.47. The largest absolute Gasteiger partial charge is 0.487 e. The van der Waals surface area contributed by atoms with Crippen molar-refractivity contribution in [1.82, 2.24) is 10.6 Å². The van der Waals surface area contributed by atoms with Gasteiger partial charge in [-0.25, -0.2) is 4.79 Å². The monoisotopic (exact) mass is 490 g/mol. The van der Waals surface area contributed by atoms with E-state index in [-0.39, 0.29) is 24.2 Å². The molecule has 1 aromatic carbocycles. The number of ether oxygens (including phenoxy) is 2. The van der Waals surface area contributed by atoms with Gasteiger partial charge in [-0.05, 0) is 66.2 Å². The Labute approximate surface area is 204 Å². The Kier molecular flexibility index (Phi) is 7.85. The van der Waals surface area contributed by atoms with E-state index in [2.05, 4.69) is 10.6 Å². The highest BCUT2D eigenvalue weighted by molar-refractivity contribution is 7.98. The highest BCUT2D eigenvalue weighted by atomic mass is 32.2. The third-order valence-electron chi connectivity index (χ3n) is 5.88. The smallest absolute Gasteiger partial charge is 0.339 e. The van der Waals surface area contributed by atoms with Crippen molar-refractivity contribution in [3.63, 3.8) is 0 Å². The molecule has 8 nitrogen and oxygen atoms in total. The van der Waals surface area contributed by atoms with Gasteiger partial charge in [0.1, 0.15) is 28.7 Å². The molecule has 9 heteroatoms. The summed E-state index contributed by atoms with van der Waals surface area (Å²) in [4.78, 5) is 37.5. The number of fused-ring (bicyclic) bond motifs is 3. The molecule has 186 valence electrons. The first kappa shape index (κ1) is 25.9. The highest BCUT2D eigenvalue weighted by Gasteiger charge is 2.31. The molecule has 1 aromatic heterocycles. The van der Waals surface area contributed by atoms with Gasteiger partial charge in [0.25, 0.3) is 5.91 Å². The molecule has 2 N–H and O–H groups in total. The average molecular weight is 491 g/mol. The van der Waals surface area contributed by atoms with E-state index >= 15 is 0 Å². The van der Waals surface area contributed by atoms with Crippen molar-refractivity contribution in [2.45, 2.75) is 72.1 Å². The number of benzene rings is 1.